The maximum Gasteiger partial charge on any atom is 0.0731 e. The summed E-state index contributed by atoms with van der Waals surface area (Å²) in [4.78, 5) is 9.33. The lowest BCUT2D eigenvalue weighted by atomic mass is 9.94. The fourth-order valence-corrected chi connectivity index (χ4v) is 4.88. The summed E-state index contributed by atoms with van der Waals surface area (Å²) in [6.45, 7) is 29.5. The first-order valence-electron chi connectivity index (χ1n) is 14.0. The Hall–Kier alpha value is -3.43. The molecule has 0 fully saturated rings. The molecule has 0 bridgehead atoms. The van der Waals surface area contributed by atoms with Crippen molar-refractivity contribution >= 4 is 11.4 Å². The first-order valence-corrected chi connectivity index (χ1v) is 14.0. The van der Waals surface area contributed by atoms with Crippen molar-refractivity contribution in [1.29, 1.82) is 0 Å². The van der Waals surface area contributed by atoms with Crippen molar-refractivity contribution in [2.24, 2.45) is 0 Å². The molecule has 3 nitrogen and oxygen atoms in total. The second kappa shape index (κ2) is 17.2. The minimum absolute atomic E-state index is 1.01. The quantitative estimate of drug-likeness (QED) is 0.299. The largest absolute Gasteiger partial charge is 0.341 e. The molecule has 0 N–H and O–H groups in total. The van der Waals surface area contributed by atoms with E-state index < -0.39 is 0 Å². The molecule has 1 aliphatic rings. The fourth-order valence-electron chi connectivity index (χ4n) is 4.88. The number of rotatable bonds is 6. The highest BCUT2D eigenvalue weighted by atomic mass is 15.1. The Kier molecular flexibility index (Phi) is 14.8. The Morgan fingerprint density at radius 3 is 2.15 bits per heavy atom. The highest BCUT2D eigenvalue weighted by molar-refractivity contribution is 5.82. The topological polar surface area (TPSA) is 19.4 Å². The van der Waals surface area contributed by atoms with Gasteiger partial charge in [0.1, 0.15) is 0 Å². The molecule has 3 aromatic rings. The zero-order valence-electron chi connectivity index (χ0n) is 25.7. The van der Waals surface area contributed by atoms with E-state index in [9.17, 15) is 0 Å². The lowest BCUT2D eigenvalue weighted by molar-refractivity contribution is 0.408. The number of aryl methyl sites for hydroxylation is 5. The van der Waals surface area contributed by atoms with Gasteiger partial charge in [-0.25, -0.2) is 0 Å². The summed E-state index contributed by atoms with van der Waals surface area (Å²) in [6, 6.07) is 15.7. The summed E-state index contributed by atoms with van der Waals surface area (Å²) in [6.07, 6.45) is 6.53. The summed E-state index contributed by atoms with van der Waals surface area (Å²) in [5.41, 5.74) is 12.4. The molecule has 0 saturated heterocycles. The molecule has 4 rings (SSSR count). The van der Waals surface area contributed by atoms with Crippen LogP contribution in [-0.2, 0) is 12.8 Å². The van der Waals surface area contributed by atoms with E-state index in [1.807, 2.05) is 6.20 Å². The zero-order chi connectivity index (χ0) is 29.5. The van der Waals surface area contributed by atoms with Crippen molar-refractivity contribution in [3.05, 3.63) is 115 Å². The van der Waals surface area contributed by atoms with Crippen LogP contribution in [0.4, 0.5) is 5.69 Å². The highest BCUT2D eigenvalue weighted by Gasteiger charge is 2.21. The zero-order valence-corrected chi connectivity index (χ0v) is 25.7. The normalized spacial score (nSPS) is 11.6. The van der Waals surface area contributed by atoms with Gasteiger partial charge < -0.3 is 9.80 Å². The van der Waals surface area contributed by atoms with Crippen molar-refractivity contribution < 1.29 is 0 Å². The monoisotopic (exact) mass is 525 g/mol. The van der Waals surface area contributed by atoms with Gasteiger partial charge in [0, 0.05) is 35.3 Å². The first-order chi connectivity index (χ1) is 18.7. The molecule has 0 aliphatic carbocycles. The minimum atomic E-state index is 1.01. The Labute approximate surface area is 239 Å². The van der Waals surface area contributed by atoms with Crippen LogP contribution in [0.25, 0.3) is 17.0 Å². The summed E-state index contributed by atoms with van der Waals surface area (Å²) >= 11 is 0. The van der Waals surface area contributed by atoms with Crippen molar-refractivity contribution in [3.8, 4) is 11.3 Å². The van der Waals surface area contributed by atoms with E-state index in [4.69, 9.17) is 4.98 Å². The first kappa shape index (κ1) is 33.6. The van der Waals surface area contributed by atoms with Gasteiger partial charge in [0.25, 0.3) is 0 Å². The molecule has 2 heterocycles. The van der Waals surface area contributed by atoms with Crippen molar-refractivity contribution in [1.82, 2.24) is 9.88 Å². The average molecular weight is 526 g/mol. The molecule has 2 aromatic carbocycles. The van der Waals surface area contributed by atoms with Gasteiger partial charge in [-0.05, 0) is 101 Å². The molecule has 1 aromatic heterocycles. The van der Waals surface area contributed by atoms with E-state index in [1.54, 1.807) is 0 Å². The molecule has 210 valence electrons. The molecule has 39 heavy (non-hydrogen) atoms. The SMILES string of the molecule is C=C.C=C.C=C(c1ccc(C)cc1C)N1CCCc2cc(-c3ncc(CC)cc3C)ccc21.CCCN(C)C. The van der Waals surface area contributed by atoms with E-state index in [0.29, 0.717) is 0 Å². The van der Waals surface area contributed by atoms with Gasteiger partial charge >= 0.3 is 0 Å². The summed E-state index contributed by atoms with van der Waals surface area (Å²) < 4.78 is 0. The Bertz CT molecular complexity index is 1190. The molecule has 0 amide bonds. The van der Waals surface area contributed by atoms with Crippen molar-refractivity contribution in [2.75, 3.05) is 32.1 Å². The molecule has 0 unspecified atom stereocenters. The Balaban J connectivity index is 0.000000664. The Morgan fingerprint density at radius 1 is 0.923 bits per heavy atom. The number of nitrogens with zero attached hydrogens (tertiary/aromatic N) is 3. The van der Waals surface area contributed by atoms with Crippen LogP contribution in [0.5, 0.6) is 0 Å². The summed E-state index contributed by atoms with van der Waals surface area (Å²) in [7, 11) is 4.17. The van der Waals surface area contributed by atoms with Crippen LogP contribution in [0.15, 0.2) is 81.6 Å². The summed E-state index contributed by atoms with van der Waals surface area (Å²) in [5, 5.41) is 0. The lowest BCUT2D eigenvalue weighted by Crippen LogP contribution is -2.27. The molecule has 3 heteroatoms. The summed E-state index contributed by atoms with van der Waals surface area (Å²) in [5.74, 6) is 0. The average Bonchev–Trinajstić information content (AvgIpc) is 2.94. The number of fused-ring (bicyclic) bond motifs is 1. The lowest BCUT2D eigenvalue weighted by Gasteiger charge is -2.34. The molecule has 1 aliphatic heterocycles. The van der Waals surface area contributed by atoms with Gasteiger partial charge in [0.2, 0.25) is 0 Å². The molecule has 0 spiro atoms. The van der Waals surface area contributed by atoms with Gasteiger partial charge in [-0.15, -0.1) is 26.3 Å². The minimum Gasteiger partial charge on any atom is -0.341 e. The standard InChI is InChI=1S/C27H30N2.C5H13N.2C2H4/c1-6-22-15-20(4)27(28-17-22)24-10-12-26-23(16-24)8-7-13-29(26)21(5)25-11-9-18(2)14-19(25)3;1-4-5-6(2)3;2*1-2/h9-12,14-17H,5-8,13H2,1-4H3;4-5H2,1-3H3;2*1-2H2. The molecular formula is C36H51N3. The number of anilines is 1. The third-order valence-electron chi connectivity index (χ3n) is 6.70. The maximum absolute atomic E-state index is 4.76. The van der Waals surface area contributed by atoms with Gasteiger partial charge in [-0.2, -0.15) is 0 Å². The third kappa shape index (κ3) is 9.37. The van der Waals surface area contributed by atoms with Crippen LogP contribution >= 0.6 is 0 Å². The van der Waals surface area contributed by atoms with Crippen LogP contribution in [0.3, 0.4) is 0 Å². The van der Waals surface area contributed by atoms with Gasteiger partial charge in [-0.1, -0.05) is 56.3 Å². The van der Waals surface area contributed by atoms with Crippen molar-refractivity contribution in [3.63, 3.8) is 0 Å². The van der Waals surface area contributed by atoms with E-state index in [1.165, 1.54) is 57.6 Å². The Morgan fingerprint density at radius 2 is 1.62 bits per heavy atom. The predicted octanol–water partition coefficient (Wildman–Crippen LogP) is 9.22. The third-order valence-corrected chi connectivity index (χ3v) is 6.70. The van der Waals surface area contributed by atoms with E-state index >= 15 is 0 Å². The fraction of sp³-hybridized carbons (Fsp3) is 0.361. The molecule has 0 atom stereocenters. The second-order valence-electron chi connectivity index (χ2n) is 10.0. The van der Waals surface area contributed by atoms with Crippen LogP contribution in [-0.4, -0.2) is 37.1 Å². The van der Waals surface area contributed by atoms with E-state index in [0.717, 1.165) is 37.2 Å². The van der Waals surface area contributed by atoms with E-state index in [-0.39, 0.29) is 0 Å². The van der Waals surface area contributed by atoms with Crippen LogP contribution in [0, 0.1) is 20.8 Å². The molecular weight excluding hydrogens is 474 g/mol. The number of hydrogen-bond acceptors (Lipinski definition) is 3. The second-order valence-corrected chi connectivity index (χ2v) is 10.0. The number of hydrogen-bond donors (Lipinski definition) is 0. The molecule has 0 radical (unpaired) electrons. The van der Waals surface area contributed by atoms with E-state index in [2.05, 4.69) is 134 Å². The van der Waals surface area contributed by atoms with Gasteiger partial charge in [-0.3, -0.25) is 4.98 Å². The smallest absolute Gasteiger partial charge is 0.0731 e. The number of pyridine rings is 1. The van der Waals surface area contributed by atoms with Crippen molar-refractivity contribution in [2.45, 2.75) is 60.3 Å². The van der Waals surface area contributed by atoms with Crippen LogP contribution in [0.1, 0.15) is 60.1 Å². The molecule has 0 saturated carbocycles. The number of benzene rings is 2. The van der Waals surface area contributed by atoms with Crippen LogP contribution < -0.4 is 4.90 Å². The highest BCUT2D eigenvalue weighted by Crippen LogP contribution is 2.36. The maximum atomic E-state index is 4.76. The number of aromatic nitrogens is 1. The van der Waals surface area contributed by atoms with Gasteiger partial charge in [0.05, 0.1) is 5.69 Å². The predicted molar refractivity (Wildman–Crippen MR) is 176 cm³/mol. The van der Waals surface area contributed by atoms with Gasteiger partial charge in [0.15, 0.2) is 0 Å². The van der Waals surface area contributed by atoms with Crippen LogP contribution in [0.2, 0.25) is 0 Å².